The number of nitrogens with one attached hydrogen (secondary N) is 1. The van der Waals surface area contributed by atoms with Crippen LogP contribution < -0.4 is 5.48 Å². The number of carbonyl (C=O) groups is 1. The minimum atomic E-state index is -4.67. The first-order chi connectivity index (χ1) is 17.6. The van der Waals surface area contributed by atoms with Gasteiger partial charge >= 0.3 is 12.1 Å². The summed E-state index contributed by atoms with van der Waals surface area (Å²) in [7, 11) is 0. The summed E-state index contributed by atoms with van der Waals surface area (Å²) in [5.41, 5.74) is 3.23. The van der Waals surface area contributed by atoms with E-state index in [-0.39, 0.29) is 50.5 Å². The first kappa shape index (κ1) is 26.6. The van der Waals surface area contributed by atoms with Crippen LogP contribution in [-0.2, 0) is 46.8 Å². The molecule has 0 radical (unpaired) electrons. The van der Waals surface area contributed by atoms with Crippen molar-refractivity contribution >= 4 is 5.97 Å². The molecule has 1 atom stereocenters. The number of hydroxylamine groups is 3. The van der Waals surface area contributed by atoms with Crippen LogP contribution in [0, 0.1) is 17.5 Å². The number of hydrogen-bond donors (Lipinski definition) is 1. The molecule has 1 aromatic heterocycles. The van der Waals surface area contributed by atoms with Gasteiger partial charge in [-0.2, -0.15) is 18.7 Å². The first-order valence-electron chi connectivity index (χ1n) is 11.1. The SMILES string of the molecule is O=C(C[C@@H](Cc1cc(F)c(F)cc1F)NOCc1ccccc1)ON1CCn2c(nnc2C(F)(F)F)C1. The molecule has 0 aliphatic carbocycles. The minimum Gasteiger partial charge on any atom is -0.367 e. The van der Waals surface area contributed by atoms with Crippen molar-refractivity contribution in [2.45, 2.75) is 44.8 Å². The molecule has 1 aliphatic rings. The number of halogens is 6. The van der Waals surface area contributed by atoms with Crippen molar-refractivity contribution in [3.8, 4) is 0 Å². The van der Waals surface area contributed by atoms with Crippen LogP contribution in [-0.4, -0.2) is 38.4 Å². The smallest absolute Gasteiger partial charge is 0.367 e. The Morgan fingerprint density at radius 1 is 1.03 bits per heavy atom. The second-order valence-electron chi connectivity index (χ2n) is 8.27. The third-order valence-corrected chi connectivity index (χ3v) is 5.50. The highest BCUT2D eigenvalue weighted by atomic mass is 19.4. The fourth-order valence-electron chi connectivity index (χ4n) is 3.76. The number of carbonyl (C=O) groups excluding carboxylic acids is 1. The zero-order chi connectivity index (χ0) is 26.6. The monoisotopic (exact) mass is 529 g/mol. The van der Waals surface area contributed by atoms with Crippen LogP contribution in [0.5, 0.6) is 0 Å². The minimum absolute atomic E-state index is 0.0314. The second-order valence-corrected chi connectivity index (χ2v) is 8.27. The van der Waals surface area contributed by atoms with Crippen molar-refractivity contribution in [1.29, 1.82) is 0 Å². The van der Waals surface area contributed by atoms with Gasteiger partial charge in [-0.15, -0.1) is 15.3 Å². The van der Waals surface area contributed by atoms with E-state index in [2.05, 4.69) is 15.7 Å². The average Bonchev–Trinajstić information content (AvgIpc) is 3.27. The molecule has 0 unspecified atom stereocenters. The highest BCUT2D eigenvalue weighted by Gasteiger charge is 2.40. The highest BCUT2D eigenvalue weighted by molar-refractivity contribution is 5.69. The number of benzene rings is 2. The van der Waals surface area contributed by atoms with E-state index in [1.807, 2.05) is 6.07 Å². The van der Waals surface area contributed by atoms with Gasteiger partial charge < -0.3 is 9.40 Å². The van der Waals surface area contributed by atoms with Gasteiger partial charge in [-0.1, -0.05) is 30.3 Å². The van der Waals surface area contributed by atoms with Gasteiger partial charge in [0.15, 0.2) is 17.5 Å². The summed E-state index contributed by atoms with van der Waals surface area (Å²) >= 11 is 0. The fraction of sp³-hybridized carbons (Fsp3) is 0.348. The maximum atomic E-state index is 14.2. The standard InChI is InChI=1S/C23H21F6N5O3/c24-17-11-19(26)18(25)9-15(17)8-16(32-36-13-14-4-2-1-3-5-14)10-21(35)37-33-6-7-34-20(12-33)30-31-22(34)23(27,28)29/h1-5,9,11,16,32H,6-8,10,12-13H2/t16-/m1/s1. The Hall–Kier alpha value is -3.49. The van der Waals surface area contributed by atoms with Gasteiger partial charge in [-0.25, -0.2) is 13.2 Å². The fourth-order valence-corrected chi connectivity index (χ4v) is 3.76. The molecule has 0 spiro atoms. The maximum Gasteiger partial charge on any atom is 0.451 e. The molecule has 2 heterocycles. The van der Waals surface area contributed by atoms with E-state index in [1.54, 1.807) is 24.3 Å². The van der Waals surface area contributed by atoms with Crippen molar-refractivity contribution in [3.63, 3.8) is 0 Å². The van der Waals surface area contributed by atoms with Crippen molar-refractivity contribution in [2.75, 3.05) is 6.54 Å². The average molecular weight is 529 g/mol. The van der Waals surface area contributed by atoms with Crippen LogP contribution >= 0.6 is 0 Å². The number of aromatic nitrogens is 3. The molecule has 4 rings (SSSR count). The zero-order valence-corrected chi connectivity index (χ0v) is 19.1. The number of hydrogen-bond acceptors (Lipinski definition) is 7. The Balaban J connectivity index is 1.40. The quantitative estimate of drug-likeness (QED) is 0.257. The van der Waals surface area contributed by atoms with Gasteiger partial charge in [0.2, 0.25) is 5.82 Å². The first-order valence-corrected chi connectivity index (χ1v) is 11.1. The molecule has 0 bridgehead atoms. The normalized spacial score (nSPS) is 14.9. The van der Waals surface area contributed by atoms with Crippen molar-refractivity contribution in [2.24, 2.45) is 0 Å². The molecule has 37 heavy (non-hydrogen) atoms. The molecule has 8 nitrogen and oxygen atoms in total. The van der Waals surface area contributed by atoms with Crippen molar-refractivity contribution in [3.05, 3.63) is 82.7 Å². The molecule has 2 aromatic carbocycles. The van der Waals surface area contributed by atoms with Crippen molar-refractivity contribution in [1.82, 2.24) is 25.3 Å². The maximum absolute atomic E-state index is 14.2. The molecular weight excluding hydrogens is 508 g/mol. The summed E-state index contributed by atoms with van der Waals surface area (Å²) in [6.07, 6.45) is -5.31. The molecule has 3 aromatic rings. The van der Waals surface area contributed by atoms with Crippen molar-refractivity contribution < 1.29 is 40.8 Å². The summed E-state index contributed by atoms with van der Waals surface area (Å²) in [5.74, 6) is -5.58. The van der Waals surface area contributed by atoms with Gasteiger partial charge in [0, 0.05) is 18.7 Å². The van der Waals surface area contributed by atoms with Gasteiger partial charge in [0.1, 0.15) is 5.82 Å². The summed E-state index contributed by atoms with van der Waals surface area (Å²) < 4.78 is 81.2. The predicted octanol–water partition coefficient (Wildman–Crippen LogP) is 3.71. The van der Waals surface area contributed by atoms with E-state index in [9.17, 15) is 31.1 Å². The van der Waals surface area contributed by atoms with Gasteiger partial charge in [-0.05, 0) is 23.6 Å². The van der Waals surface area contributed by atoms with E-state index in [0.29, 0.717) is 12.1 Å². The predicted molar refractivity (Wildman–Crippen MR) is 114 cm³/mol. The Labute approximate surface area is 206 Å². The Morgan fingerprint density at radius 2 is 1.76 bits per heavy atom. The lowest BCUT2D eigenvalue weighted by molar-refractivity contribution is -0.200. The zero-order valence-electron chi connectivity index (χ0n) is 19.1. The van der Waals surface area contributed by atoms with E-state index in [4.69, 9.17) is 9.68 Å². The molecule has 0 saturated carbocycles. The highest BCUT2D eigenvalue weighted by Crippen LogP contribution is 2.29. The lowest BCUT2D eigenvalue weighted by Gasteiger charge is -2.27. The third-order valence-electron chi connectivity index (χ3n) is 5.50. The number of alkyl halides is 3. The molecule has 198 valence electrons. The molecule has 0 fully saturated rings. The second kappa shape index (κ2) is 11.3. The Bertz CT molecular complexity index is 1240. The molecule has 1 aliphatic heterocycles. The third kappa shape index (κ3) is 6.84. The van der Waals surface area contributed by atoms with E-state index in [0.717, 1.165) is 15.2 Å². The van der Waals surface area contributed by atoms with Crippen LogP contribution in [0.1, 0.15) is 29.2 Å². The van der Waals surface area contributed by atoms with Gasteiger partial charge in [0.25, 0.3) is 0 Å². The topological polar surface area (TPSA) is 81.5 Å². The Morgan fingerprint density at radius 3 is 2.49 bits per heavy atom. The number of nitrogens with zero attached hydrogens (tertiary/aromatic N) is 4. The van der Waals surface area contributed by atoms with Gasteiger partial charge in [0.05, 0.1) is 26.1 Å². The summed E-state index contributed by atoms with van der Waals surface area (Å²) in [4.78, 5) is 23.3. The van der Waals surface area contributed by atoms with E-state index < -0.39 is 41.5 Å². The van der Waals surface area contributed by atoms with Gasteiger partial charge in [-0.3, -0.25) is 9.63 Å². The summed E-state index contributed by atoms with van der Waals surface area (Å²) in [6, 6.07) is 9.16. The summed E-state index contributed by atoms with van der Waals surface area (Å²) in [6.45, 7) is -0.349. The lowest BCUT2D eigenvalue weighted by Crippen LogP contribution is -2.39. The largest absolute Gasteiger partial charge is 0.451 e. The summed E-state index contributed by atoms with van der Waals surface area (Å²) in [5, 5.41) is 7.80. The van der Waals surface area contributed by atoms with Crippen LogP contribution in [0.15, 0.2) is 42.5 Å². The molecule has 0 amide bonds. The van der Waals surface area contributed by atoms with E-state index in [1.165, 1.54) is 0 Å². The molecular formula is C23H21F6N5O3. The Kier molecular flexibility index (Phi) is 8.10. The number of fused-ring (bicyclic) bond motifs is 1. The molecule has 1 N–H and O–H groups in total. The van der Waals surface area contributed by atoms with Crippen LogP contribution in [0.4, 0.5) is 26.3 Å². The van der Waals surface area contributed by atoms with Crippen LogP contribution in [0.25, 0.3) is 0 Å². The molecule has 0 saturated heterocycles. The van der Waals surface area contributed by atoms with E-state index >= 15 is 0 Å². The lowest BCUT2D eigenvalue weighted by atomic mass is 10.0. The number of rotatable bonds is 9. The molecule has 14 heteroatoms. The van der Waals surface area contributed by atoms with Crippen LogP contribution in [0.3, 0.4) is 0 Å². The van der Waals surface area contributed by atoms with Crippen LogP contribution in [0.2, 0.25) is 0 Å².